The van der Waals surface area contributed by atoms with Gasteiger partial charge in [-0.15, -0.1) is 11.6 Å². The molecule has 1 rings (SSSR count). The highest BCUT2D eigenvalue weighted by Crippen LogP contribution is 2.17. The summed E-state index contributed by atoms with van der Waals surface area (Å²) < 4.78 is 30.5. The largest absolute Gasteiger partial charge is 0.294 e. The fourth-order valence-corrected chi connectivity index (χ4v) is 1.95. The van der Waals surface area contributed by atoms with Gasteiger partial charge in [-0.05, 0) is 24.1 Å². The predicted octanol–water partition coefficient (Wildman–Crippen LogP) is 1.98. The third-order valence-corrected chi connectivity index (χ3v) is 2.99. The number of halogens is 1. The van der Waals surface area contributed by atoms with Crippen molar-refractivity contribution in [2.45, 2.75) is 17.7 Å². The van der Waals surface area contributed by atoms with E-state index in [1.54, 1.807) is 19.1 Å². The molecule has 5 heteroatoms. The highest BCUT2D eigenvalue weighted by molar-refractivity contribution is 7.85. The van der Waals surface area contributed by atoms with Crippen LogP contribution in [0.3, 0.4) is 0 Å². The molecule has 72 valence electrons. The van der Waals surface area contributed by atoms with Gasteiger partial charge in [-0.3, -0.25) is 4.55 Å². The fourth-order valence-electron chi connectivity index (χ4n) is 1.01. The molecule has 1 aromatic rings. The van der Waals surface area contributed by atoms with Crippen molar-refractivity contribution in [2.24, 2.45) is 0 Å². The molecule has 0 heterocycles. The highest BCUT2D eigenvalue weighted by Gasteiger charge is 2.12. The van der Waals surface area contributed by atoms with Gasteiger partial charge < -0.3 is 0 Å². The lowest BCUT2D eigenvalue weighted by atomic mass is 10.2. The van der Waals surface area contributed by atoms with Gasteiger partial charge in [0, 0.05) is 5.88 Å². The molecule has 13 heavy (non-hydrogen) atoms. The van der Waals surface area contributed by atoms with E-state index in [1.807, 2.05) is 0 Å². The second-order valence-electron chi connectivity index (χ2n) is 2.71. The lowest BCUT2D eigenvalue weighted by Crippen LogP contribution is -2.01. The minimum absolute atomic E-state index is 0.0781. The van der Waals surface area contributed by atoms with Crippen LogP contribution in [0.5, 0.6) is 0 Å². The van der Waals surface area contributed by atoms with Crippen molar-refractivity contribution >= 4 is 21.7 Å². The van der Waals surface area contributed by atoms with Crippen LogP contribution in [0.1, 0.15) is 11.1 Å². The summed E-state index contributed by atoms with van der Waals surface area (Å²) in [6, 6.07) is 4.70. The Morgan fingerprint density at radius 3 is 2.54 bits per heavy atom. The van der Waals surface area contributed by atoms with Crippen molar-refractivity contribution in [3.8, 4) is 0 Å². The van der Waals surface area contributed by atoms with E-state index in [-0.39, 0.29) is 10.8 Å². The zero-order chi connectivity index (χ0) is 10.1. The van der Waals surface area contributed by atoms with Crippen LogP contribution in [0.15, 0.2) is 23.1 Å². The molecule has 0 atom stereocenters. The average molecular weight is 221 g/mol. The number of hydrogen-bond donors (Lipinski definition) is 1. The van der Waals surface area contributed by atoms with Gasteiger partial charge >= 0.3 is 0 Å². The number of hydrogen-bond acceptors (Lipinski definition) is 2. The summed E-state index contributed by atoms with van der Waals surface area (Å²) in [5.74, 6) is 0.225. The molecule has 0 aromatic heterocycles. The number of aryl methyl sites for hydroxylation is 1. The summed E-state index contributed by atoms with van der Waals surface area (Å²) >= 11 is 5.52. The van der Waals surface area contributed by atoms with E-state index in [4.69, 9.17) is 16.2 Å². The average Bonchev–Trinajstić information content (AvgIpc) is 2.03. The maximum Gasteiger partial charge on any atom is 0.294 e. The van der Waals surface area contributed by atoms with Crippen molar-refractivity contribution < 1.29 is 13.0 Å². The third kappa shape index (κ3) is 2.43. The zero-order valence-electron chi connectivity index (χ0n) is 6.99. The van der Waals surface area contributed by atoms with Gasteiger partial charge in [0.15, 0.2) is 0 Å². The van der Waals surface area contributed by atoms with Crippen LogP contribution in [0, 0.1) is 6.92 Å². The first-order valence-electron chi connectivity index (χ1n) is 3.58. The van der Waals surface area contributed by atoms with Gasteiger partial charge in [0.25, 0.3) is 10.1 Å². The van der Waals surface area contributed by atoms with Crippen molar-refractivity contribution in [1.29, 1.82) is 0 Å². The Morgan fingerprint density at radius 2 is 2.08 bits per heavy atom. The van der Waals surface area contributed by atoms with Gasteiger partial charge in [0.05, 0.1) is 4.90 Å². The molecule has 0 unspecified atom stereocenters. The Morgan fingerprint density at radius 1 is 1.46 bits per heavy atom. The van der Waals surface area contributed by atoms with Gasteiger partial charge in [0.1, 0.15) is 0 Å². The molecular weight excluding hydrogens is 212 g/mol. The number of benzene rings is 1. The van der Waals surface area contributed by atoms with Crippen LogP contribution in [-0.4, -0.2) is 13.0 Å². The molecule has 1 N–H and O–H groups in total. The van der Waals surface area contributed by atoms with Crippen LogP contribution < -0.4 is 0 Å². The second kappa shape index (κ2) is 3.65. The summed E-state index contributed by atoms with van der Waals surface area (Å²) in [7, 11) is -4.12. The Hall–Kier alpha value is -0.580. The van der Waals surface area contributed by atoms with Crippen molar-refractivity contribution in [3.05, 3.63) is 29.3 Å². The zero-order valence-corrected chi connectivity index (χ0v) is 8.56. The lowest BCUT2D eigenvalue weighted by Gasteiger charge is -2.03. The molecule has 0 saturated heterocycles. The van der Waals surface area contributed by atoms with Crippen LogP contribution in [0.25, 0.3) is 0 Å². The monoisotopic (exact) mass is 220 g/mol. The van der Waals surface area contributed by atoms with Crippen LogP contribution in [0.4, 0.5) is 0 Å². The van der Waals surface area contributed by atoms with Crippen LogP contribution in [-0.2, 0) is 16.0 Å². The van der Waals surface area contributed by atoms with E-state index in [2.05, 4.69) is 0 Å². The maximum absolute atomic E-state index is 10.8. The minimum atomic E-state index is -4.12. The Kier molecular flexibility index (Phi) is 2.95. The van der Waals surface area contributed by atoms with E-state index in [0.717, 1.165) is 0 Å². The van der Waals surface area contributed by atoms with E-state index >= 15 is 0 Å². The summed E-state index contributed by atoms with van der Waals surface area (Å²) in [5, 5.41) is 0. The van der Waals surface area contributed by atoms with Gasteiger partial charge in [-0.1, -0.05) is 12.1 Å². The Balaban J connectivity index is 3.36. The number of rotatable bonds is 2. The molecule has 0 aliphatic rings. The minimum Gasteiger partial charge on any atom is -0.282 e. The molecule has 3 nitrogen and oxygen atoms in total. The van der Waals surface area contributed by atoms with Crippen molar-refractivity contribution in [3.63, 3.8) is 0 Å². The van der Waals surface area contributed by atoms with E-state index in [0.29, 0.717) is 11.1 Å². The SMILES string of the molecule is Cc1ccc(CCl)cc1S(=O)(=O)O. The van der Waals surface area contributed by atoms with Gasteiger partial charge in [0.2, 0.25) is 0 Å². The van der Waals surface area contributed by atoms with Crippen molar-refractivity contribution in [2.75, 3.05) is 0 Å². The molecule has 0 spiro atoms. The third-order valence-electron chi connectivity index (χ3n) is 1.68. The summed E-state index contributed by atoms with van der Waals surface area (Å²) in [6.45, 7) is 1.61. The molecule has 0 amide bonds. The second-order valence-corrected chi connectivity index (χ2v) is 4.37. The quantitative estimate of drug-likeness (QED) is 0.613. The van der Waals surface area contributed by atoms with Crippen molar-refractivity contribution in [1.82, 2.24) is 0 Å². The summed E-state index contributed by atoms with van der Waals surface area (Å²) in [4.78, 5) is -0.0781. The summed E-state index contributed by atoms with van der Waals surface area (Å²) in [5.41, 5.74) is 1.18. The van der Waals surface area contributed by atoms with E-state index in [1.165, 1.54) is 6.07 Å². The summed E-state index contributed by atoms with van der Waals surface area (Å²) in [6.07, 6.45) is 0. The first-order chi connectivity index (χ1) is 5.95. The first kappa shape index (κ1) is 10.5. The maximum atomic E-state index is 10.8. The van der Waals surface area contributed by atoms with E-state index in [9.17, 15) is 8.42 Å². The van der Waals surface area contributed by atoms with Crippen LogP contribution in [0.2, 0.25) is 0 Å². The molecule has 0 fully saturated rings. The molecule has 0 aliphatic heterocycles. The smallest absolute Gasteiger partial charge is 0.282 e. The molecule has 0 radical (unpaired) electrons. The van der Waals surface area contributed by atoms with E-state index < -0.39 is 10.1 Å². The van der Waals surface area contributed by atoms with Crippen LogP contribution >= 0.6 is 11.6 Å². The molecule has 0 saturated carbocycles. The standard InChI is InChI=1S/C8H9ClO3S/c1-6-2-3-7(5-9)4-8(6)13(10,11)12/h2-4H,5H2,1H3,(H,10,11,12). The Bertz CT molecular complexity index is 411. The molecular formula is C8H9ClO3S. The van der Waals surface area contributed by atoms with Gasteiger partial charge in [-0.2, -0.15) is 8.42 Å². The van der Waals surface area contributed by atoms with Gasteiger partial charge in [-0.25, -0.2) is 0 Å². The predicted molar refractivity (Wildman–Crippen MR) is 50.6 cm³/mol. The topological polar surface area (TPSA) is 54.4 Å². The highest BCUT2D eigenvalue weighted by atomic mass is 35.5. The fraction of sp³-hybridized carbons (Fsp3) is 0.250. The molecule has 0 aliphatic carbocycles. The lowest BCUT2D eigenvalue weighted by molar-refractivity contribution is 0.482. The normalized spacial score (nSPS) is 11.6. The molecule has 1 aromatic carbocycles. The number of alkyl halides is 1. The Labute approximate surface area is 82.1 Å². The molecule has 0 bridgehead atoms. The first-order valence-corrected chi connectivity index (χ1v) is 5.55.